The van der Waals surface area contributed by atoms with Crippen LogP contribution < -0.4 is 0 Å². The summed E-state index contributed by atoms with van der Waals surface area (Å²) in [6, 6.07) is 12.8. The maximum atomic E-state index is 5.47. The number of aromatic nitrogens is 1. The van der Waals surface area contributed by atoms with Crippen LogP contribution in [0.4, 0.5) is 0 Å². The predicted molar refractivity (Wildman–Crippen MR) is 88.5 cm³/mol. The molecule has 2 heterocycles. The molecule has 0 unspecified atom stereocenters. The Balaban J connectivity index is 1.55. The van der Waals surface area contributed by atoms with Gasteiger partial charge in [0.2, 0.25) is 0 Å². The monoisotopic (exact) mass is 299 g/mol. The van der Waals surface area contributed by atoms with Gasteiger partial charge in [-0.3, -0.25) is 9.80 Å². The second-order valence-corrected chi connectivity index (χ2v) is 6.34. The molecule has 1 atom stereocenters. The quantitative estimate of drug-likeness (QED) is 0.819. The van der Waals surface area contributed by atoms with Crippen LogP contribution in [-0.4, -0.2) is 47.7 Å². The van der Waals surface area contributed by atoms with Crippen LogP contribution >= 0.6 is 0 Å². The van der Waals surface area contributed by atoms with E-state index in [1.807, 2.05) is 36.4 Å². The van der Waals surface area contributed by atoms with Crippen molar-refractivity contribution in [3.63, 3.8) is 0 Å². The summed E-state index contributed by atoms with van der Waals surface area (Å²) in [6.07, 6.45) is 2.69. The molecule has 1 aromatic heterocycles. The van der Waals surface area contributed by atoms with Gasteiger partial charge < -0.3 is 4.52 Å². The Hall–Kier alpha value is -1.65. The predicted octanol–water partition coefficient (Wildman–Crippen LogP) is 3.26. The molecule has 1 saturated heterocycles. The summed E-state index contributed by atoms with van der Waals surface area (Å²) < 4.78 is 5.47. The largest absolute Gasteiger partial charge is 0.356 e. The summed E-state index contributed by atoms with van der Waals surface area (Å²) in [5, 5.41) is 4.21. The Labute approximate surface area is 132 Å². The lowest BCUT2D eigenvalue weighted by molar-refractivity contribution is 0.186. The Morgan fingerprint density at radius 1 is 1.23 bits per heavy atom. The molecule has 0 radical (unpaired) electrons. The van der Waals surface area contributed by atoms with E-state index in [-0.39, 0.29) is 0 Å². The molecule has 0 aliphatic carbocycles. The molecular formula is C18H25N3O. The van der Waals surface area contributed by atoms with Gasteiger partial charge in [0.1, 0.15) is 0 Å². The minimum atomic E-state index is 0.605. The van der Waals surface area contributed by atoms with Gasteiger partial charge in [0.25, 0.3) is 0 Å². The Bertz CT molecular complexity index is 575. The molecular weight excluding hydrogens is 274 g/mol. The molecule has 4 heteroatoms. The minimum absolute atomic E-state index is 0.605. The molecule has 2 aromatic rings. The van der Waals surface area contributed by atoms with E-state index < -0.39 is 0 Å². The van der Waals surface area contributed by atoms with Crippen molar-refractivity contribution in [1.82, 2.24) is 15.0 Å². The van der Waals surface area contributed by atoms with Crippen LogP contribution in [-0.2, 0) is 6.54 Å². The number of rotatable bonds is 6. The van der Waals surface area contributed by atoms with Gasteiger partial charge in [0.15, 0.2) is 5.76 Å². The molecule has 1 aliphatic rings. The van der Waals surface area contributed by atoms with E-state index in [4.69, 9.17) is 4.52 Å². The van der Waals surface area contributed by atoms with Crippen LogP contribution in [0.25, 0.3) is 11.3 Å². The molecule has 4 nitrogen and oxygen atoms in total. The van der Waals surface area contributed by atoms with Crippen LogP contribution in [0.15, 0.2) is 40.9 Å². The second kappa shape index (κ2) is 7.07. The van der Waals surface area contributed by atoms with Crippen molar-refractivity contribution >= 4 is 0 Å². The van der Waals surface area contributed by atoms with Crippen molar-refractivity contribution in [2.75, 3.05) is 26.7 Å². The zero-order chi connectivity index (χ0) is 15.4. The van der Waals surface area contributed by atoms with E-state index >= 15 is 0 Å². The zero-order valence-corrected chi connectivity index (χ0v) is 13.5. The van der Waals surface area contributed by atoms with Crippen LogP contribution in [0, 0.1) is 0 Å². The fourth-order valence-corrected chi connectivity index (χ4v) is 3.21. The molecule has 0 spiro atoms. The first-order valence-corrected chi connectivity index (χ1v) is 8.16. The highest BCUT2D eigenvalue weighted by Gasteiger charge is 2.19. The van der Waals surface area contributed by atoms with Crippen LogP contribution in [0.5, 0.6) is 0 Å². The third-order valence-corrected chi connectivity index (χ3v) is 4.39. The maximum Gasteiger partial charge on any atom is 0.167 e. The van der Waals surface area contributed by atoms with Gasteiger partial charge in [0.05, 0.1) is 5.69 Å². The van der Waals surface area contributed by atoms with E-state index in [0.29, 0.717) is 6.04 Å². The van der Waals surface area contributed by atoms with Crippen molar-refractivity contribution in [1.29, 1.82) is 0 Å². The number of benzene rings is 1. The summed E-state index contributed by atoms with van der Waals surface area (Å²) >= 11 is 0. The molecule has 118 valence electrons. The first-order chi connectivity index (χ1) is 10.7. The number of hydrogen-bond donors (Lipinski definition) is 0. The van der Waals surface area contributed by atoms with Gasteiger partial charge in [-0.25, -0.2) is 0 Å². The van der Waals surface area contributed by atoms with Crippen molar-refractivity contribution < 1.29 is 4.52 Å². The second-order valence-electron chi connectivity index (χ2n) is 6.34. The molecule has 0 bridgehead atoms. The lowest BCUT2D eigenvalue weighted by atomic mass is 10.1. The number of likely N-dealkylation sites (N-methyl/N-ethyl adjacent to an activating group) is 1. The van der Waals surface area contributed by atoms with Crippen LogP contribution in [0.2, 0.25) is 0 Å². The summed E-state index contributed by atoms with van der Waals surface area (Å²) in [4.78, 5) is 4.91. The molecule has 3 rings (SSSR count). The molecule has 1 aromatic carbocycles. The number of nitrogens with zero attached hydrogens (tertiary/aromatic N) is 3. The van der Waals surface area contributed by atoms with E-state index in [1.54, 1.807) is 0 Å². The molecule has 0 saturated carbocycles. The average molecular weight is 299 g/mol. The van der Waals surface area contributed by atoms with Gasteiger partial charge in [-0.05, 0) is 39.9 Å². The van der Waals surface area contributed by atoms with Crippen molar-refractivity contribution in [2.45, 2.75) is 32.4 Å². The lowest BCUT2D eigenvalue weighted by Gasteiger charge is -2.27. The topological polar surface area (TPSA) is 32.5 Å². The Kier molecular flexibility index (Phi) is 4.90. The Morgan fingerprint density at radius 3 is 2.68 bits per heavy atom. The van der Waals surface area contributed by atoms with Gasteiger partial charge in [-0.1, -0.05) is 35.5 Å². The highest BCUT2D eigenvalue weighted by molar-refractivity contribution is 5.56. The van der Waals surface area contributed by atoms with Gasteiger partial charge in [-0.15, -0.1) is 0 Å². The first-order valence-electron chi connectivity index (χ1n) is 8.16. The minimum Gasteiger partial charge on any atom is -0.356 e. The van der Waals surface area contributed by atoms with Gasteiger partial charge in [-0.2, -0.15) is 0 Å². The first kappa shape index (κ1) is 15.3. The summed E-state index contributed by atoms with van der Waals surface area (Å²) in [5.41, 5.74) is 2.07. The molecule has 1 fully saturated rings. The fourth-order valence-electron chi connectivity index (χ4n) is 3.21. The van der Waals surface area contributed by atoms with E-state index in [1.165, 1.54) is 25.9 Å². The van der Waals surface area contributed by atoms with Crippen LogP contribution in [0.1, 0.15) is 25.5 Å². The normalized spacial score (nSPS) is 17.2. The summed E-state index contributed by atoms with van der Waals surface area (Å²) in [5.74, 6) is 0.844. The SMILES string of the molecule is C[C@@H](CN(C)Cc1cc(-c2ccccc2)on1)N1CCCC1. The van der Waals surface area contributed by atoms with E-state index in [2.05, 4.69) is 28.9 Å². The highest BCUT2D eigenvalue weighted by atomic mass is 16.5. The van der Waals surface area contributed by atoms with E-state index in [9.17, 15) is 0 Å². The van der Waals surface area contributed by atoms with Gasteiger partial charge >= 0.3 is 0 Å². The average Bonchev–Trinajstić information content (AvgIpc) is 3.19. The summed E-state index contributed by atoms with van der Waals surface area (Å²) in [7, 11) is 2.16. The maximum absolute atomic E-state index is 5.47. The number of likely N-dealkylation sites (tertiary alicyclic amines) is 1. The lowest BCUT2D eigenvalue weighted by Crippen LogP contribution is -2.39. The van der Waals surface area contributed by atoms with Gasteiger partial charge in [0, 0.05) is 30.8 Å². The Morgan fingerprint density at radius 2 is 1.95 bits per heavy atom. The summed E-state index contributed by atoms with van der Waals surface area (Å²) in [6.45, 7) is 6.70. The number of hydrogen-bond acceptors (Lipinski definition) is 4. The molecule has 0 N–H and O–H groups in total. The van der Waals surface area contributed by atoms with Crippen molar-refractivity contribution in [3.05, 3.63) is 42.1 Å². The standard InChI is InChI=1S/C18H25N3O/c1-15(21-10-6-7-11-21)13-20(2)14-17-12-18(22-19-17)16-8-4-3-5-9-16/h3-5,8-9,12,15H,6-7,10-11,13-14H2,1-2H3/t15-/m0/s1. The molecule has 22 heavy (non-hydrogen) atoms. The van der Waals surface area contributed by atoms with Crippen LogP contribution in [0.3, 0.4) is 0 Å². The third kappa shape index (κ3) is 3.76. The fraction of sp³-hybridized carbons (Fsp3) is 0.500. The molecule has 1 aliphatic heterocycles. The highest BCUT2D eigenvalue weighted by Crippen LogP contribution is 2.20. The zero-order valence-electron chi connectivity index (χ0n) is 13.5. The third-order valence-electron chi connectivity index (χ3n) is 4.39. The van der Waals surface area contributed by atoms with E-state index in [0.717, 1.165) is 30.1 Å². The smallest absolute Gasteiger partial charge is 0.167 e. The van der Waals surface area contributed by atoms with Crippen molar-refractivity contribution in [3.8, 4) is 11.3 Å². The molecule has 0 amide bonds. The van der Waals surface area contributed by atoms with Crippen molar-refractivity contribution in [2.24, 2.45) is 0 Å².